The molecule has 76 valence electrons. The van der Waals surface area contributed by atoms with Crippen LogP contribution in [0.4, 0.5) is 0 Å². The molecule has 0 bridgehead atoms. The van der Waals surface area contributed by atoms with Crippen molar-refractivity contribution < 1.29 is 4.79 Å². The van der Waals surface area contributed by atoms with E-state index in [1.54, 1.807) is 23.1 Å². The van der Waals surface area contributed by atoms with E-state index in [-0.39, 0.29) is 5.41 Å². The molecule has 2 rings (SSSR count). The predicted octanol–water partition coefficient (Wildman–Crippen LogP) is 3.63. The minimum atomic E-state index is 0.154. The van der Waals surface area contributed by atoms with E-state index in [0.717, 1.165) is 12.0 Å². The lowest BCUT2D eigenvalue weighted by atomic mass is 9.75. The first kappa shape index (κ1) is 10.2. The highest BCUT2D eigenvalue weighted by atomic mass is 32.2. The van der Waals surface area contributed by atoms with E-state index in [1.807, 2.05) is 6.26 Å². The van der Waals surface area contributed by atoms with Crippen molar-refractivity contribution in [3.05, 3.63) is 16.5 Å². The number of hydrogen-bond donors (Lipinski definition) is 0. The second-order valence-corrected chi connectivity index (χ2v) is 6.52. The molecule has 0 atom stereocenters. The fourth-order valence-corrected chi connectivity index (χ4v) is 3.84. The maximum absolute atomic E-state index is 11.9. The molecule has 1 aliphatic rings. The average Bonchev–Trinajstić information content (AvgIpc) is 2.44. The monoisotopic (exact) mass is 226 g/mol. The summed E-state index contributed by atoms with van der Waals surface area (Å²) in [5, 5.41) is 2.15. The van der Waals surface area contributed by atoms with Crippen molar-refractivity contribution >= 4 is 28.9 Å². The van der Waals surface area contributed by atoms with Gasteiger partial charge in [0.05, 0.1) is 4.21 Å². The van der Waals surface area contributed by atoms with Gasteiger partial charge >= 0.3 is 0 Å². The Labute approximate surface area is 92.9 Å². The van der Waals surface area contributed by atoms with E-state index in [2.05, 4.69) is 19.2 Å². The molecular weight excluding hydrogens is 212 g/mol. The van der Waals surface area contributed by atoms with Gasteiger partial charge in [-0.2, -0.15) is 0 Å². The van der Waals surface area contributed by atoms with Gasteiger partial charge in [-0.1, -0.05) is 13.8 Å². The molecule has 0 aromatic carbocycles. The summed E-state index contributed by atoms with van der Waals surface area (Å²) < 4.78 is 1.19. The third-order valence-electron chi connectivity index (χ3n) is 2.61. The summed E-state index contributed by atoms with van der Waals surface area (Å²) in [6.07, 6.45) is 3.79. The number of ketones is 1. The molecule has 1 aromatic rings. The normalized spacial score (nSPS) is 19.5. The number of rotatable bonds is 1. The van der Waals surface area contributed by atoms with Crippen LogP contribution in [-0.4, -0.2) is 12.0 Å². The molecule has 0 unspecified atom stereocenters. The highest BCUT2D eigenvalue weighted by Gasteiger charge is 2.33. The number of thiophene rings is 1. The van der Waals surface area contributed by atoms with E-state index < -0.39 is 0 Å². The first-order valence-corrected chi connectivity index (χ1v) is 6.81. The fourth-order valence-electron chi connectivity index (χ4n) is 2.05. The van der Waals surface area contributed by atoms with Gasteiger partial charge in [-0.05, 0) is 29.0 Å². The number of fused-ring (bicyclic) bond motifs is 1. The summed E-state index contributed by atoms with van der Waals surface area (Å²) >= 11 is 3.40. The van der Waals surface area contributed by atoms with Crippen molar-refractivity contribution in [1.29, 1.82) is 0 Å². The first-order valence-electron chi connectivity index (χ1n) is 4.71. The van der Waals surface area contributed by atoms with Crippen LogP contribution in [0.1, 0.15) is 36.2 Å². The zero-order valence-corrected chi connectivity index (χ0v) is 10.3. The van der Waals surface area contributed by atoms with E-state index in [0.29, 0.717) is 12.2 Å². The zero-order valence-electron chi connectivity index (χ0n) is 8.72. The molecule has 0 saturated heterocycles. The van der Waals surface area contributed by atoms with Gasteiger partial charge in [-0.15, -0.1) is 23.1 Å². The molecule has 1 nitrogen and oxygen atoms in total. The summed E-state index contributed by atoms with van der Waals surface area (Å²) in [5.41, 5.74) is 2.43. The Morgan fingerprint density at radius 1 is 1.43 bits per heavy atom. The largest absolute Gasteiger partial charge is 0.294 e. The molecule has 14 heavy (non-hydrogen) atoms. The Balaban J connectivity index is 2.47. The lowest BCUT2D eigenvalue weighted by Crippen LogP contribution is -2.26. The molecule has 3 heteroatoms. The number of hydrogen-bond acceptors (Lipinski definition) is 3. The van der Waals surface area contributed by atoms with Gasteiger partial charge < -0.3 is 0 Å². The van der Waals surface area contributed by atoms with Crippen molar-refractivity contribution in [1.82, 2.24) is 0 Å². The molecule has 0 amide bonds. The van der Waals surface area contributed by atoms with Crippen LogP contribution in [0.5, 0.6) is 0 Å². The summed E-state index contributed by atoms with van der Waals surface area (Å²) in [5.74, 6) is 0.335. The van der Waals surface area contributed by atoms with E-state index in [4.69, 9.17) is 0 Å². The maximum atomic E-state index is 11.9. The van der Waals surface area contributed by atoms with Gasteiger partial charge in [0.1, 0.15) is 0 Å². The van der Waals surface area contributed by atoms with Crippen LogP contribution in [0, 0.1) is 5.41 Å². The number of thioether (sulfide) groups is 1. The predicted molar refractivity (Wildman–Crippen MR) is 62.5 cm³/mol. The van der Waals surface area contributed by atoms with E-state index in [9.17, 15) is 4.79 Å². The molecule has 0 aliphatic heterocycles. The molecule has 0 N–H and O–H groups in total. The Kier molecular flexibility index (Phi) is 2.48. The summed E-state index contributed by atoms with van der Waals surface area (Å²) in [7, 11) is 0. The standard InChI is InChI=1S/C11H14OS2/c1-11(2)4-7-6-14-10(13-3)9(7)8(12)5-11/h6H,4-5H2,1-3H3. The van der Waals surface area contributed by atoms with Crippen LogP contribution >= 0.6 is 23.1 Å². The third-order valence-corrected chi connectivity index (χ3v) is 4.79. The first-order chi connectivity index (χ1) is 6.53. The SMILES string of the molecule is CSc1scc2c1C(=O)CC(C)(C)C2. The lowest BCUT2D eigenvalue weighted by molar-refractivity contribution is 0.0910. The van der Waals surface area contributed by atoms with Crippen molar-refractivity contribution in [3.63, 3.8) is 0 Å². The third kappa shape index (κ3) is 1.63. The van der Waals surface area contributed by atoms with Crippen LogP contribution in [0.25, 0.3) is 0 Å². The van der Waals surface area contributed by atoms with Gasteiger partial charge in [0, 0.05) is 12.0 Å². The Bertz CT molecular complexity index is 377. The highest BCUT2D eigenvalue weighted by Crippen LogP contribution is 2.41. The van der Waals surface area contributed by atoms with Crippen LogP contribution in [0.3, 0.4) is 0 Å². The lowest BCUT2D eigenvalue weighted by Gasteiger charge is -2.28. The van der Waals surface area contributed by atoms with Crippen LogP contribution in [0.15, 0.2) is 9.59 Å². The van der Waals surface area contributed by atoms with Gasteiger partial charge in [0.25, 0.3) is 0 Å². The summed E-state index contributed by atoms with van der Waals surface area (Å²) in [6, 6.07) is 0. The molecule has 1 aliphatic carbocycles. The molecule has 1 aromatic heterocycles. The van der Waals surface area contributed by atoms with E-state index in [1.165, 1.54) is 9.77 Å². The number of carbonyl (C=O) groups excluding carboxylic acids is 1. The Morgan fingerprint density at radius 2 is 2.14 bits per heavy atom. The van der Waals surface area contributed by atoms with Gasteiger partial charge in [0.2, 0.25) is 0 Å². The Hall–Kier alpha value is -0.280. The van der Waals surface area contributed by atoms with Crippen LogP contribution < -0.4 is 0 Å². The Morgan fingerprint density at radius 3 is 2.79 bits per heavy atom. The minimum absolute atomic E-state index is 0.154. The van der Waals surface area contributed by atoms with E-state index >= 15 is 0 Å². The average molecular weight is 226 g/mol. The minimum Gasteiger partial charge on any atom is -0.294 e. The summed E-state index contributed by atoms with van der Waals surface area (Å²) in [4.78, 5) is 11.9. The maximum Gasteiger partial charge on any atom is 0.165 e. The highest BCUT2D eigenvalue weighted by molar-refractivity contribution is 8.00. The van der Waals surface area contributed by atoms with Crippen molar-refractivity contribution in [2.24, 2.45) is 5.41 Å². The molecule has 0 spiro atoms. The van der Waals surface area contributed by atoms with Crippen molar-refractivity contribution in [3.8, 4) is 0 Å². The van der Waals surface area contributed by atoms with Crippen LogP contribution in [-0.2, 0) is 6.42 Å². The quantitative estimate of drug-likeness (QED) is 0.680. The molecule has 0 radical (unpaired) electrons. The van der Waals surface area contributed by atoms with Gasteiger partial charge in [0.15, 0.2) is 5.78 Å². The molecular formula is C11H14OS2. The topological polar surface area (TPSA) is 17.1 Å². The number of Topliss-reactive ketones (excluding diaryl/α,β-unsaturated/α-hetero) is 1. The van der Waals surface area contributed by atoms with Crippen molar-refractivity contribution in [2.75, 3.05) is 6.26 Å². The second kappa shape index (κ2) is 3.38. The van der Waals surface area contributed by atoms with Crippen LogP contribution in [0.2, 0.25) is 0 Å². The molecule has 0 saturated carbocycles. The number of carbonyl (C=O) groups is 1. The molecule has 0 fully saturated rings. The second-order valence-electron chi connectivity index (χ2n) is 4.57. The summed E-state index contributed by atoms with van der Waals surface area (Å²) in [6.45, 7) is 4.34. The zero-order chi connectivity index (χ0) is 10.3. The van der Waals surface area contributed by atoms with Gasteiger partial charge in [-0.25, -0.2) is 0 Å². The van der Waals surface area contributed by atoms with Gasteiger partial charge in [-0.3, -0.25) is 4.79 Å². The fraction of sp³-hybridized carbons (Fsp3) is 0.545. The smallest absolute Gasteiger partial charge is 0.165 e. The van der Waals surface area contributed by atoms with Crippen molar-refractivity contribution in [2.45, 2.75) is 30.9 Å². The molecule has 1 heterocycles.